The van der Waals surface area contributed by atoms with Crippen molar-refractivity contribution in [3.05, 3.63) is 84.9 Å². The van der Waals surface area contributed by atoms with Gasteiger partial charge in [0.15, 0.2) is 0 Å². The fraction of sp³-hybridized carbons (Fsp3) is 0.0455. The minimum atomic E-state index is -4.71. The summed E-state index contributed by atoms with van der Waals surface area (Å²) in [6, 6.07) is 25.4. The minimum absolute atomic E-state index is 0.255. The van der Waals surface area contributed by atoms with E-state index in [1.54, 1.807) is 12.1 Å². The monoisotopic (exact) mass is 365 g/mol. The Bertz CT molecular complexity index is 1070. The van der Waals surface area contributed by atoms with Gasteiger partial charge < -0.3 is 4.74 Å². The van der Waals surface area contributed by atoms with Gasteiger partial charge in [0.05, 0.1) is 11.4 Å². The third-order valence-corrected chi connectivity index (χ3v) is 4.17. The molecule has 0 radical (unpaired) electrons. The summed E-state index contributed by atoms with van der Waals surface area (Å²) in [4.78, 5) is 4.78. The van der Waals surface area contributed by atoms with Crippen molar-refractivity contribution >= 4 is 10.8 Å². The standard InChI is InChI=1S/C22H14F3NO/c23-22(24,25)27-18-12-10-16(11-13-18)21-19-9-5-4-8-17(19)14-20(26-21)15-6-2-1-3-7-15/h1-14H. The van der Waals surface area contributed by atoms with Crippen molar-refractivity contribution < 1.29 is 17.9 Å². The van der Waals surface area contributed by atoms with Crippen LogP contribution < -0.4 is 4.74 Å². The zero-order chi connectivity index (χ0) is 18.9. The van der Waals surface area contributed by atoms with Crippen molar-refractivity contribution in [1.82, 2.24) is 4.98 Å². The summed E-state index contributed by atoms with van der Waals surface area (Å²) in [5.41, 5.74) is 3.21. The number of aromatic nitrogens is 1. The van der Waals surface area contributed by atoms with Crippen LogP contribution in [0.5, 0.6) is 5.75 Å². The molecule has 0 bridgehead atoms. The molecule has 0 spiro atoms. The SMILES string of the molecule is FC(F)(F)Oc1ccc(-c2nc(-c3ccccc3)cc3ccccc23)cc1. The topological polar surface area (TPSA) is 22.1 Å². The lowest BCUT2D eigenvalue weighted by molar-refractivity contribution is -0.274. The third kappa shape index (κ3) is 3.77. The molecule has 0 N–H and O–H groups in total. The molecule has 1 heterocycles. The second-order valence-electron chi connectivity index (χ2n) is 6.02. The van der Waals surface area contributed by atoms with E-state index < -0.39 is 6.36 Å². The zero-order valence-corrected chi connectivity index (χ0v) is 14.1. The van der Waals surface area contributed by atoms with Crippen LogP contribution in [0.3, 0.4) is 0 Å². The molecule has 0 amide bonds. The first-order chi connectivity index (χ1) is 13.0. The van der Waals surface area contributed by atoms with E-state index in [1.165, 1.54) is 12.1 Å². The van der Waals surface area contributed by atoms with Gasteiger partial charge in [-0.1, -0.05) is 54.6 Å². The average Bonchev–Trinajstić information content (AvgIpc) is 2.67. The second kappa shape index (κ2) is 6.76. The molecular weight excluding hydrogens is 351 g/mol. The Balaban J connectivity index is 1.83. The van der Waals surface area contributed by atoms with Crippen LogP contribution in [0.1, 0.15) is 0 Å². The van der Waals surface area contributed by atoms with E-state index >= 15 is 0 Å². The lowest BCUT2D eigenvalue weighted by Crippen LogP contribution is -2.16. The highest BCUT2D eigenvalue weighted by Gasteiger charge is 2.31. The summed E-state index contributed by atoms with van der Waals surface area (Å²) >= 11 is 0. The normalized spacial score (nSPS) is 11.5. The van der Waals surface area contributed by atoms with E-state index in [4.69, 9.17) is 4.98 Å². The number of nitrogens with zero attached hydrogens (tertiary/aromatic N) is 1. The summed E-state index contributed by atoms with van der Waals surface area (Å²) in [5.74, 6) is -0.255. The number of rotatable bonds is 3. The van der Waals surface area contributed by atoms with E-state index in [1.807, 2.05) is 60.7 Å². The average molecular weight is 365 g/mol. The van der Waals surface area contributed by atoms with E-state index in [2.05, 4.69) is 4.74 Å². The number of fused-ring (bicyclic) bond motifs is 1. The molecule has 2 nitrogen and oxygen atoms in total. The number of halogens is 3. The lowest BCUT2D eigenvalue weighted by Gasteiger charge is -2.12. The Morgan fingerprint density at radius 1 is 0.704 bits per heavy atom. The molecule has 5 heteroatoms. The van der Waals surface area contributed by atoms with Gasteiger partial charge in [-0.05, 0) is 35.7 Å². The molecule has 0 unspecified atom stereocenters. The first-order valence-corrected chi connectivity index (χ1v) is 8.31. The van der Waals surface area contributed by atoms with Gasteiger partial charge in [0, 0.05) is 16.5 Å². The highest BCUT2D eigenvalue weighted by molar-refractivity contribution is 5.96. The molecule has 0 aliphatic carbocycles. The van der Waals surface area contributed by atoms with Crippen LogP contribution in [0.2, 0.25) is 0 Å². The summed E-state index contributed by atoms with van der Waals surface area (Å²) in [5, 5.41) is 1.94. The van der Waals surface area contributed by atoms with Gasteiger partial charge in [-0.3, -0.25) is 0 Å². The third-order valence-electron chi connectivity index (χ3n) is 4.17. The summed E-state index contributed by atoms with van der Waals surface area (Å²) in [6.07, 6.45) is -4.71. The van der Waals surface area contributed by atoms with E-state index in [-0.39, 0.29) is 5.75 Å². The van der Waals surface area contributed by atoms with Gasteiger partial charge in [-0.2, -0.15) is 0 Å². The van der Waals surface area contributed by atoms with Crippen molar-refractivity contribution in [2.75, 3.05) is 0 Å². The molecule has 0 aliphatic rings. The molecule has 0 saturated carbocycles. The molecule has 0 aliphatic heterocycles. The molecule has 134 valence electrons. The first kappa shape index (κ1) is 17.1. The number of pyridine rings is 1. The van der Waals surface area contributed by atoms with Gasteiger partial charge in [-0.25, -0.2) is 4.98 Å². The number of benzene rings is 3. The Morgan fingerprint density at radius 2 is 1.37 bits per heavy atom. The molecule has 0 fully saturated rings. The van der Waals surface area contributed by atoms with Crippen molar-refractivity contribution in [3.8, 4) is 28.3 Å². The maximum atomic E-state index is 12.4. The number of hydrogen-bond donors (Lipinski definition) is 0. The quantitative estimate of drug-likeness (QED) is 0.415. The van der Waals surface area contributed by atoms with Crippen molar-refractivity contribution in [2.45, 2.75) is 6.36 Å². The molecule has 3 aromatic carbocycles. The summed E-state index contributed by atoms with van der Waals surface area (Å²) < 4.78 is 41.1. The van der Waals surface area contributed by atoms with Crippen LogP contribution in [-0.4, -0.2) is 11.3 Å². The molecule has 1 aromatic heterocycles. The summed E-state index contributed by atoms with van der Waals surface area (Å²) in [6.45, 7) is 0. The van der Waals surface area contributed by atoms with Crippen molar-refractivity contribution in [1.29, 1.82) is 0 Å². The maximum Gasteiger partial charge on any atom is 0.573 e. The predicted octanol–water partition coefficient (Wildman–Crippen LogP) is 6.47. The van der Waals surface area contributed by atoms with Crippen LogP contribution in [0.25, 0.3) is 33.3 Å². The van der Waals surface area contributed by atoms with Crippen LogP contribution in [0.4, 0.5) is 13.2 Å². The predicted molar refractivity (Wildman–Crippen MR) is 99.3 cm³/mol. The molecule has 0 saturated heterocycles. The fourth-order valence-electron chi connectivity index (χ4n) is 2.99. The molecule has 0 atom stereocenters. The first-order valence-electron chi connectivity index (χ1n) is 8.31. The van der Waals surface area contributed by atoms with Crippen molar-refractivity contribution in [2.24, 2.45) is 0 Å². The molecule has 27 heavy (non-hydrogen) atoms. The number of hydrogen-bond acceptors (Lipinski definition) is 2. The van der Waals surface area contributed by atoms with Crippen LogP contribution in [0.15, 0.2) is 84.9 Å². The Morgan fingerprint density at radius 3 is 2.07 bits per heavy atom. The largest absolute Gasteiger partial charge is 0.573 e. The van der Waals surface area contributed by atoms with Gasteiger partial charge >= 0.3 is 6.36 Å². The highest BCUT2D eigenvalue weighted by atomic mass is 19.4. The molecule has 4 aromatic rings. The Labute approximate surface area is 153 Å². The van der Waals surface area contributed by atoms with Gasteiger partial charge in [0.2, 0.25) is 0 Å². The fourth-order valence-corrected chi connectivity index (χ4v) is 2.99. The molecular formula is C22H14F3NO. The number of ether oxygens (including phenoxy) is 1. The van der Waals surface area contributed by atoms with Gasteiger partial charge in [0.1, 0.15) is 5.75 Å². The maximum absolute atomic E-state index is 12.4. The van der Waals surface area contributed by atoms with E-state index in [0.717, 1.165) is 27.6 Å². The summed E-state index contributed by atoms with van der Waals surface area (Å²) in [7, 11) is 0. The Kier molecular flexibility index (Phi) is 4.28. The molecule has 4 rings (SSSR count). The van der Waals surface area contributed by atoms with Crippen LogP contribution in [-0.2, 0) is 0 Å². The van der Waals surface area contributed by atoms with Crippen LogP contribution >= 0.6 is 0 Å². The lowest BCUT2D eigenvalue weighted by atomic mass is 10.0. The second-order valence-corrected chi connectivity index (χ2v) is 6.02. The smallest absolute Gasteiger partial charge is 0.406 e. The van der Waals surface area contributed by atoms with E-state index in [9.17, 15) is 13.2 Å². The van der Waals surface area contributed by atoms with Crippen LogP contribution in [0, 0.1) is 0 Å². The zero-order valence-electron chi connectivity index (χ0n) is 14.1. The van der Waals surface area contributed by atoms with E-state index in [0.29, 0.717) is 5.69 Å². The Hall–Kier alpha value is -3.34. The number of alkyl halides is 3. The van der Waals surface area contributed by atoms with Crippen molar-refractivity contribution in [3.63, 3.8) is 0 Å². The van der Waals surface area contributed by atoms with Gasteiger partial charge in [0.25, 0.3) is 0 Å². The minimum Gasteiger partial charge on any atom is -0.406 e. The highest BCUT2D eigenvalue weighted by Crippen LogP contribution is 2.32. The van der Waals surface area contributed by atoms with Gasteiger partial charge in [-0.15, -0.1) is 13.2 Å².